The molecule has 0 saturated heterocycles. The van der Waals surface area contributed by atoms with E-state index >= 15 is 0 Å². The van der Waals surface area contributed by atoms with Crippen molar-refractivity contribution >= 4 is 11.6 Å². The number of carbonyl (C=O) groups is 1. The predicted octanol–water partition coefficient (Wildman–Crippen LogP) is 3.46. The van der Waals surface area contributed by atoms with Crippen LogP contribution in [0.3, 0.4) is 0 Å². The summed E-state index contributed by atoms with van der Waals surface area (Å²) in [4.78, 5) is 15.8. The van der Waals surface area contributed by atoms with Gasteiger partial charge in [0.05, 0.1) is 0 Å². The van der Waals surface area contributed by atoms with Gasteiger partial charge < -0.3 is 5.32 Å². The van der Waals surface area contributed by atoms with Crippen molar-refractivity contribution in [3.8, 4) is 0 Å². The number of aromatic nitrogens is 1. The Hall–Kier alpha value is -2.16. The molecule has 0 spiro atoms. The van der Waals surface area contributed by atoms with Crippen molar-refractivity contribution in [1.82, 2.24) is 4.98 Å². The summed E-state index contributed by atoms with van der Waals surface area (Å²) in [7, 11) is 0. The van der Waals surface area contributed by atoms with E-state index in [2.05, 4.69) is 30.2 Å². The van der Waals surface area contributed by atoms with Crippen LogP contribution >= 0.6 is 0 Å². The average Bonchev–Trinajstić information content (AvgIpc) is 2.40. The number of hydrogen-bond acceptors (Lipinski definition) is 2. The number of hydrogen-bond donors (Lipinski definition) is 1. The molecule has 0 radical (unpaired) electrons. The summed E-state index contributed by atoms with van der Waals surface area (Å²) in [5, 5.41) is 2.89. The molecule has 0 atom stereocenters. The summed E-state index contributed by atoms with van der Waals surface area (Å²) in [6.45, 7) is 4.26. The standard InChI is InChI=1S/C15H16N2O/c1-11(2)13-4-3-5-14(10-13)17-15(18)12-6-8-16-9-7-12/h3-11H,1-2H3,(H,17,18). The lowest BCUT2D eigenvalue weighted by molar-refractivity contribution is 0.102. The molecule has 18 heavy (non-hydrogen) atoms. The molecule has 1 amide bonds. The molecule has 1 aromatic heterocycles. The van der Waals surface area contributed by atoms with Crippen molar-refractivity contribution in [2.75, 3.05) is 5.32 Å². The number of carbonyl (C=O) groups excluding carboxylic acids is 1. The molecule has 1 N–H and O–H groups in total. The fourth-order valence-corrected chi connectivity index (χ4v) is 1.68. The minimum absolute atomic E-state index is 0.113. The number of benzene rings is 1. The first-order valence-electron chi connectivity index (χ1n) is 5.98. The van der Waals surface area contributed by atoms with Crippen LogP contribution < -0.4 is 5.32 Å². The fraction of sp³-hybridized carbons (Fsp3) is 0.200. The molecule has 2 rings (SSSR count). The topological polar surface area (TPSA) is 42.0 Å². The fourth-order valence-electron chi connectivity index (χ4n) is 1.68. The summed E-state index contributed by atoms with van der Waals surface area (Å²) in [5.41, 5.74) is 2.64. The maximum atomic E-state index is 12.0. The number of nitrogens with one attached hydrogen (secondary N) is 1. The Morgan fingerprint density at radius 3 is 2.56 bits per heavy atom. The average molecular weight is 240 g/mol. The Bertz CT molecular complexity index is 535. The van der Waals surface area contributed by atoms with Crippen LogP contribution in [-0.4, -0.2) is 10.9 Å². The summed E-state index contributed by atoms with van der Waals surface area (Å²) in [6.07, 6.45) is 3.22. The third kappa shape index (κ3) is 2.94. The van der Waals surface area contributed by atoms with Gasteiger partial charge in [0.1, 0.15) is 0 Å². The van der Waals surface area contributed by atoms with E-state index < -0.39 is 0 Å². The van der Waals surface area contributed by atoms with E-state index in [4.69, 9.17) is 0 Å². The van der Waals surface area contributed by atoms with E-state index in [9.17, 15) is 4.79 Å². The van der Waals surface area contributed by atoms with Crippen LogP contribution in [0.1, 0.15) is 35.7 Å². The van der Waals surface area contributed by atoms with Crippen LogP contribution in [0.4, 0.5) is 5.69 Å². The van der Waals surface area contributed by atoms with Gasteiger partial charge in [-0.2, -0.15) is 0 Å². The SMILES string of the molecule is CC(C)c1cccc(NC(=O)c2ccncc2)c1. The minimum atomic E-state index is -0.113. The second-order valence-corrected chi connectivity index (χ2v) is 4.47. The number of anilines is 1. The summed E-state index contributed by atoms with van der Waals surface area (Å²) < 4.78 is 0. The molecule has 1 heterocycles. The van der Waals surface area contributed by atoms with E-state index in [-0.39, 0.29) is 5.91 Å². The number of pyridine rings is 1. The Morgan fingerprint density at radius 1 is 1.17 bits per heavy atom. The Morgan fingerprint density at radius 2 is 1.89 bits per heavy atom. The number of nitrogens with zero attached hydrogens (tertiary/aromatic N) is 1. The van der Waals surface area contributed by atoms with E-state index in [0.29, 0.717) is 11.5 Å². The lowest BCUT2D eigenvalue weighted by Gasteiger charge is -2.09. The highest BCUT2D eigenvalue weighted by molar-refractivity contribution is 6.04. The number of amides is 1. The molecule has 2 aromatic rings. The molecule has 1 aromatic carbocycles. The second-order valence-electron chi connectivity index (χ2n) is 4.47. The third-order valence-corrected chi connectivity index (χ3v) is 2.75. The van der Waals surface area contributed by atoms with Crippen molar-refractivity contribution in [2.45, 2.75) is 19.8 Å². The highest BCUT2D eigenvalue weighted by Gasteiger charge is 2.06. The van der Waals surface area contributed by atoms with Crippen LogP contribution in [0, 0.1) is 0 Å². The largest absolute Gasteiger partial charge is 0.322 e. The Kier molecular flexibility index (Phi) is 3.72. The van der Waals surface area contributed by atoms with E-state index in [0.717, 1.165) is 5.69 Å². The summed E-state index contributed by atoms with van der Waals surface area (Å²) in [5.74, 6) is 0.334. The molecule has 0 aliphatic carbocycles. The van der Waals surface area contributed by atoms with Gasteiger partial charge >= 0.3 is 0 Å². The van der Waals surface area contributed by atoms with Gasteiger partial charge in [-0.05, 0) is 35.7 Å². The molecule has 0 aliphatic rings. The molecule has 0 saturated carbocycles. The van der Waals surface area contributed by atoms with Gasteiger partial charge in [0.2, 0.25) is 0 Å². The van der Waals surface area contributed by atoms with Crippen molar-refractivity contribution in [1.29, 1.82) is 0 Å². The van der Waals surface area contributed by atoms with Crippen LogP contribution in [-0.2, 0) is 0 Å². The quantitative estimate of drug-likeness (QED) is 0.892. The van der Waals surface area contributed by atoms with Gasteiger partial charge in [-0.1, -0.05) is 26.0 Å². The molecule has 92 valence electrons. The monoisotopic (exact) mass is 240 g/mol. The van der Waals surface area contributed by atoms with Crippen LogP contribution in [0.5, 0.6) is 0 Å². The van der Waals surface area contributed by atoms with E-state index in [1.165, 1.54) is 5.56 Å². The lowest BCUT2D eigenvalue weighted by atomic mass is 10.0. The molecule has 0 unspecified atom stereocenters. The van der Waals surface area contributed by atoms with Crippen molar-refractivity contribution in [3.05, 3.63) is 59.9 Å². The van der Waals surface area contributed by atoms with E-state index in [1.807, 2.05) is 18.2 Å². The normalized spacial score (nSPS) is 10.4. The number of rotatable bonds is 3. The third-order valence-electron chi connectivity index (χ3n) is 2.75. The zero-order valence-electron chi connectivity index (χ0n) is 10.6. The van der Waals surface area contributed by atoms with Crippen molar-refractivity contribution < 1.29 is 4.79 Å². The molecule has 0 aliphatic heterocycles. The van der Waals surface area contributed by atoms with E-state index in [1.54, 1.807) is 24.5 Å². The Balaban J connectivity index is 2.15. The summed E-state index contributed by atoms with van der Waals surface area (Å²) >= 11 is 0. The van der Waals surface area contributed by atoms with Gasteiger partial charge in [-0.15, -0.1) is 0 Å². The van der Waals surface area contributed by atoms with Gasteiger partial charge in [0.25, 0.3) is 5.91 Å². The first-order chi connectivity index (χ1) is 8.66. The summed E-state index contributed by atoms with van der Waals surface area (Å²) in [6, 6.07) is 11.3. The van der Waals surface area contributed by atoms with Gasteiger partial charge in [-0.3, -0.25) is 9.78 Å². The van der Waals surface area contributed by atoms with Crippen molar-refractivity contribution in [2.24, 2.45) is 0 Å². The van der Waals surface area contributed by atoms with Gasteiger partial charge in [0.15, 0.2) is 0 Å². The molecular formula is C15H16N2O. The first-order valence-corrected chi connectivity index (χ1v) is 5.98. The smallest absolute Gasteiger partial charge is 0.255 e. The van der Waals surface area contributed by atoms with Crippen LogP contribution in [0.15, 0.2) is 48.8 Å². The van der Waals surface area contributed by atoms with Crippen LogP contribution in [0.25, 0.3) is 0 Å². The molecule has 0 fully saturated rings. The lowest BCUT2D eigenvalue weighted by Crippen LogP contribution is -2.11. The second kappa shape index (κ2) is 5.45. The molecule has 3 nitrogen and oxygen atoms in total. The maximum Gasteiger partial charge on any atom is 0.255 e. The van der Waals surface area contributed by atoms with Gasteiger partial charge in [0, 0.05) is 23.6 Å². The zero-order chi connectivity index (χ0) is 13.0. The Labute approximate surface area is 107 Å². The van der Waals surface area contributed by atoms with Crippen molar-refractivity contribution in [3.63, 3.8) is 0 Å². The first kappa shape index (κ1) is 12.3. The highest BCUT2D eigenvalue weighted by Crippen LogP contribution is 2.18. The zero-order valence-corrected chi connectivity index (χ0v) is 10.6. The molecule has 3 heteroatoms. The predicted molar refractivity (Wildman–Crippen MR) is 72.7 cm³/mol. The van der Waals surface area contributed by atoms with Gasteiger partial charge in [-0.25, -0.2) is 0 Å². The minimum Gasteiger partial charge on any atom is -0.322 e. The molecular weight excluding hydrogens is 224 g/mol. The molecule has 0 bridgehead atoms. The highest BCUT2D eigenvalue weighted by atomic mass is 16.1. The van der Waals surface area contributed by atoms with Crippen LogP contribution in [0.2, 0.25) is 0 Å². The maximum absolute atomic E-state index is 12.0.